The lowest BCUT2D eigenvalue weighted by Gasteiger charge is -2.13. The van der Waals surface area contributed by atoms with E-state index >= 15 is 0 Å². The summed E-state index contributed by atoms with van der Waals surface area (Å²) < 4.78 is 0. The molecule has 0 spiro atoms. The molecule has 0 bridgehead atoms. The second-order valence-corrected chi connectivity index (χ2v) is 2.85. The van der Waals surface area contributed by atoms with E-state index < -0.39 is 5.54 Å². The predicted molar refractivity (Wildman–Crippen MR) is 69.2 cm³/mol. The second-order valence-electron chi connectivity index (χ2n) is 2.85. The zero-order chi connectivity index (χ0) is 13.2. The van der Waals surface area contributed by atoms with Crippen molar-refractivity contribution in [3.8, 4) is 0 Å². The van der Waals surface area contributed by atoms with Gasteiger partial charge in [0.05, 0.1) is 0 Å². The van der Waals surface area contributed by atoms with E-state index in [1.165, 1.54) is 6.08 Å². The number of hydrogen-bond acceptors (Lipinski definition) is 2. The maximum absolute atomic E-state index is 11.2. The summed E-state index contributed by atoms with van der Waals surface area (Å²) in [4.78, 5) is 22.1. The van der Waals surface area contributed by atoms with Gasteiger partial charge in [0, 0.05) is 8.47 Å². The number of carbonyl (C=O) groups is 2. The fourth-order valence-electron chi connectivity index (χ4n) is 1.06. The topological polar surface area (TPSA) is 58.2 Å². The summed E-state index contributed by atoms with van der Waals surface area (Å²) in [5.74, 6) is -0.422. The number of likely N-dealkylation sites (N-methyl/N-ethyl adjacent to an activating group) is 1. The van der Waals surface area contributed by atoms with Crippen molar-refractivity contribution in [1.82, 2.24) is 10.6 Å². The van der Waals surface area contributed by atoms with E-state index in [2.05, 4.69) is 17.2 Å². The summed E-state index contributed by atoms with van der Waals surface area (Å²) in [5, 5.41) is 5.11. The summed E-state index contributed by atoms with van der Waals surface area (Å²) in [6.07, 6.45) is 2.60. The zero-order valence-corrected chi connectivity index (χ0v) is 11.0. The fourth-order valence-corrected chi connectivity index (χ4v) is 1.06. The van der Waals surface area contributed by atoms with E-state index in [9.17, 15) is 9.59 Å². The Balaban J connectivity index is -0.000000355. The highest BCUT2D eigenvalue weighted by Crippen LogP contribution is 2.35. The van der Waals surface area contributed by atoms with Crippen LogP contribution in [-0.2, 0) is 9.59 Å². The predicted octanol–water partition coefficient (Wildman–Crippen LogP) is 1.87. The molecular formula is C12H26N2O2. The van der Waals surface area contributed by atoms with Gasteiger partial charge in [0.2, 0.25) is 11.8 Å². The molecule has 0 unspecified atom stereocenters. The lowest BCUT2D eigenvalue weighted by Crippen LogP contribution is -2.47. The number of nitrogens with one attached hydrogen (secondary N) is 2. The van der Waals surface area contributed by atoms with Crippen LogP contribution in [0.1, 0.15) is 42.0 Å². The lowest BCUT2D eigenvalue weighted by molar-refractivity contribution is -0.127. The molecule has 0 aliphatic heterocycles. The van der Waals surface area contributed by atoms with Crippen molar-refractivity contribution in [2.24, 2.45) is 0 Å². The molecule has 96 valence electrons. The average molecular weight is 230 g/mol. The molecule has 0 radical (unpaired) electrons. The molecular weight excluding hydrogens is 204 g/mol. The SMILES string of the molecule is C=CC(=O)NC1(C(=O)NC)CC1.CC.CC.[HH]. The maximum Gasteiger partial charge on any atom is 0.245 e. The molecule has 2 N–H and O–H groups in total. The monoisotopic (exact) mass is 230 g/mol. The van der Waals surface area contributed by atoms with Crippen LogP contribution in [0.2, 0.25) is 0 Å². The Morgan fingerprint density at radius 1 is 1.25 bits per heavy atom. The Labute approximate surface area is 100.0 Å². The third-order valence-electron chi connectivity index (χ3n) is 1.96. The minimum Gasteiger partial charge on any atom is -0.357 e. The Morgan fingerprint density at radius 3 is 1.94 bits per heavy atom. The van der Waals surface area contributed by atoms with Crippen molar-refractivity contribution >= 4 is 11.8 Å². The van der Waals surface area contributed by atoms with Crippen molar-refractivity contribution in [1.29, 1.82) is 0 Å². The van der Waals surface area contributed by atoms with Gasteiger partial charge in [-0.2, -0.15) is 0 Å². The first kappa shape index (κ1) is 17.1. The average Bonchev–Trinajstić information content (AvgIpc) is 3.14. The summed E-state index contributed by atoms with van der Waals surface area (Å²) >= 11 is 0. The smallest absolute Gasteiger partial charge is 0.245 e. The maximum atomic E-state index is 11.2. The van der Waals surface area contributed by atoms with Crippen LogP contribution in [0.5, 0.6) is 0 Å². The largest absolute Gasteiger partial charge is 0.357 e. The van der Waals surface area contributed by atoms with Gasteiger partial charge < -0.3 is 10.6 Å². The van der Waals surface area contributed by atoms with E-state index in [0.717, 1.165) is 0 Å². The fraction of sp³-hybridized carbons (Fsp3) is 0.667. The quantitative estimate of drug-likeness (QED) is 0.727. The van der Waals surface area contributed by atoms with Gasteiger partial charge >= 0.3 is 0 Å². The zero-order valence-electron chi connectivity index (χ0n) is 11.0. The molecule has 0 atom stereocenters. The molecule has 0 heterocycles. The highest BCUT2D eigenvalue weighted by Gasteiger charge is 2.50. The van der Waals surface area contributed by atoms with Crippen LogP contribution in [0.25, 0.3) is 0 Å². The van der Waals surface area contributed by atoms with Crippen LogP contribution >= 0.6 is 0 Å². The number of rotatable bonds is 3. The molecule has 1 rings (SSSR count). The minimum atomic E-state index is -0.639. The standard InChI is InChI=1S/C8H12N2O2.2C2H6.H2/c1-3-6(11)10-8(4-5-8)7(12)9-2;2*1-2;/h3H,1,4-5H2,2H3,(H,9,12)(H,10,11);2*1-2H3;1H. The third-order valence-corrected chi connectivity index (χ3v) is 1.96. The van der Waals surface area contributed by atoms with Gasteiger partial charge in [0.1, 0.15) is 5.54 Å². The van der Waals surface area contributed by atoms with Crippen LogP contribution < -0.4 is 10.6 Å². The Morgan fingerprint density at radius 2 is 1.69 bits per heavy atom. The second kappa shape index (κ2) is 8.95. The van der Waals surface area contributed by atoms with E-state index in [4.69, 9.17) is 0 Å². The Kier molecular flexibility index (Phi) is 9.55. The lowest BCUT2D eigenvalue weighted by atomic mass is 10.2. The summed E-state index contributed by atoms with van der Waals surface area (Å²) in [6.45, 7) is 11.3. The van der Waals surface area contributed by atoms with Crippen molar-refractivity contribution in [3.63, 3.8) is 0 Å². The van der Waals surface area contributed by atoms with Crippen LogP contribution in [0.4, 0.5) is 0 Å². The molecule has 1 aliphatic carbocycles. The van der Waals surface area contributed by atoms with Gasteiger partial charge in [-0.1, -0.05) is 34.3 Å². The number of carbonyl (C=O) groups excluding carboxylic acids is 2. The van der Waals surface area contributed by atoms with Crippen LogP contribution in [0.3, 0.4) is 0 Å². The molecule has 0 aromatic rings. The summed E-state index contributed by atoms with van der Waals surface area (Å²) in [7, 11) is 1.56. The first-order valence-corrected chi connectivity index (χ1v) is 5.81. The van der Waals surface area contributed by atoms with E-state index in [0.29, 0.717) is 12.8 Å². The van der Waals surface area contributed by atoms with Gasteiger partial charge in [0.25, 0.3) is 0 Å². The minimum absolute atomic E-state index is 0. The first-order valence-electron chi connectivity index (χ1n) is 5.81. The summed E-state index contributed by atoms with van der Waals surface area (Å²) in [5.41, 5.74) is -0.639. The van der Waals surface area contributed by atoms with Crippen molar-refractivity contribution in [3.05, 3.63) is 12.7 Å². The van der Waals surface area contributed by atoms with Crippen LogP contribution in [0.15, 0.2) is 12.7 Å². The molecule has 2 amide bonds. The van der Waals surface area contributed by atoms with E-state index in [1.807, 2.05) is 27.7 Å². The Hall–Kier alpha value is -1.32. The molecule has 1 fully saturated rings. The molecule has 16 heavy (non-hydrogen) atoms. The van der Waals surface area contributed by atoms with Gasteiger partial charge in [0.15, 0.2) is 0 Å². The molecule has 0 aromatic heterocycles. The van der Waals surface area contributed by atoms with Crippen LogP contribution in [0, 0.1) is 0 Å². The van der Waals surface area contributed by atoms with Crippen molar-refractivity contribution < 1.29 is 11.0 Å². The van der Waals surface area contributed by atoms with Crippen LogP contribution in [-0.4, -0.2) is 24.4 Å². The molecule has 4 heteroatoms. The third kappa shape index (κ3) is 4.96. The number of amides is 2. The van der Waals surface area contributed by atoms with Crippen molar-refractivity contribution in [2.75, 3.05) is 7.05 Å². The molecule has 1 aliphatic rings. The van der Waals surface area contributed by atoms with Gasteiger partial charge in [-0.05, 0) is 18.9 Å². The molecule has 1 saturated carbocycles. The first-order chi connectivity index (χ1) is 7.64. The molecule has 0 aromatic carbocycles. The molecule has 4 nitrogen and oxygen atoms in total. The van der Waals surface area contributed by atoms with Gasteiger partial charge in [-0.25, -0.2) is 0 Å². The van der Waals surface area contributed by atoms with Crippen molar-refractivity contribution in [2.45, 2.75) is 46.1 Å². The van der Waals surface area contributed by atoms with Gasteiger partial charge in [-0.3, -0.25) is 9.59 Å². The highest BCUT2D eigenvalue weighted by molar-refractivity contribution is 5.97. The molecule has 0 saturated heterocycles. The summed E-state index contributed by atoms with van der Waals surface area (Å²) in [6, 6.07) is 0. The Bertz CT molecular complexity index is 239. The normalized spacial score (nSPS) is 14.1. The van der Waals surface area contributed by atoms with Gasteiger partial charge in [-0.15, -0.1) is 0 Å². The van der Waals surface area contributed by atoms with E-state index in [1.54, 1.807) is 7.05 Å². The number of hydrogen-bond donors (Lipinski definition) is 2. The van der Waals surface area contributed by atoms with E-state index in [-0.39, 0.29) is 13.2 Å². The highest BCUT2D eigenvalue weighted by atomic mass is 16.2.